The number of rotatable bonds is 15. The van der Waals surface area contributed by atoms with Gasteiger partial charge in [0.2, 0.25) is 6.29 Å². The van der Waals surface area contributed by atoms with E-state index in [-0.39, 0.29) is 0 Å². The molecule has 0 unspecified atom stereocenters. The number of aryl methyl sites for hydroxylation is 1. The number of allylic oxidation sites excluding steroid dienone is 2. The Morgan fingerprint density at radius 1 is 0.875 bits per heavy atom. The van der Waals surface area contributed by atoms with Crippen LogP contribution in [-0.4, -0.2) is 57.7 Å². The average molecular weight is 451 g/mol. The smallest absolute Gasteiger partial charge is 0.229 e. The molecule has 1 saturated heterocycles. The third kappa shape index (κ3) is 9.20. The van der Waals surface area contributed by atoms with E-state index < -0.39 is 37.3 Å². The molecule has 182 valence electrons. The summed E-state index contributed by atoms with van der Waals surface area (Å²) in [6.07, 6.45) is 11.6. The average Bonchev–Trinajstić information content (AvgIpc) is 2.80. The molecular formula is C26H42O6. The zero-order valence-electron chi connectivity index (χ0n) is 19.4. The second-order valence-electron chi connectivity index (χ2n) is 8.74. The fourth-order valence-electron chi connectivity index (χ4n) is 3.94. The summed E-state index contributed by atoms with van der Waals surface area (Å²) in [5.74, 6) is 0.524. The maximum absolute atomic E-state index is 10.1. The number of aliphatic hydroxyl groups is 4. The zero-order chi connectivity index (χ0) is 23.2. The van der Waals surface area contributed by atoms with Crippen molar-refractivity contribution in [2.45, 2.75) is 108 Å². The van der Waals surface area contributed by atoms with Crippen molar-refractivity contribution in [3.05, 3.63) is 42.0 Å². The topological polar surface area (TPSA) is 99.4 Å². The van der Waals surface area contributed by atoms with Crippen LogP contribution in [0.1, 0.15) is 76.7 Å². The van der Waals surface area contributed by atoms with E-state index in [2.05, 4.69) is 19.1 Å². The lowest BCUT2D eigenvalue weighted by Crippen LogP contribution is -2.60. The Morgan fingerprint density at radius 2 is 1.56 bits per heavy atom. The molecule has 1 aliphatic rings. The number of hydrogen-bond donors (Lipinski definition) is 4. The van der Waals surface area contributed by atoms with Gasteiger partial charge in [0, 0.05) is 0 Å². The molecule has 0 radical (unpaired) electrons. The molecule has 1 aromatic carbocycles. The van der Waals surface area contributed by atoms with Gasteiger partial charge in [0.05, 0.1) is 6.61 Å². The molecule has 5 atom stereocenters. The lowest BCUT2D eigenvalue weighted by Gasteiger charge is -2.39. The van der Waals surface area contributed by atoms with E-state index in [1.165, 1.54) is 51.4 Å². The first-order valence-corrected chi connectivity index (χ1v) is 12.3. The van der Waals surface area contributed by atoms with Crippen LogP contribution in [0.5, 0.6) is 5.75 Å². The fraction of sp³-hybridized carbons (Fsp3) is 0.692. The van der Waals surface area contributed by atoms with Crippen LogP contribution < -0.4 is 4.74 Å². The van der Waals surface area contributed by atoms with Gasteiger partial charge in [-0.2, -0.15) is 0 Å². The molecule has 32 heavy (non-hydrogen) atoms. The number of hydrogen-bond acceptors (Lipinski definition) is 6. The summed E-state index contributed by atoms with van der Waals surface area (Å²) in [6.45, 7) is 1.77. The number of unbranched alkanes of at least 4 members (excludes halogenated alkanes) is 8. The van der Waals surface area contributed by atoms with E-state index in [4.69, 9.17) is 9.47 Å². The van der Waals surface area contributed by atoms with Crippen molar-refractivity contribution in [3.8, 4) is 5.75 Å². The van der Waals surface area contributed by atoms with Crippen LogP contribution >= 0.6 is 0 Å². The number of ether oxygens (including phenoxy) is 2. The van der Waals surface area contributed by atoms with Gasteiger partial charge in [-0.25, -0.2) is 0 Å². The van der Waals surface area contributed by atoms with E-state index in [9.17, 15) is 20.4 Å². The van der Waals surface area contributed by atoms with Crippen LogP contribution in [0.25, 0.3) is 0 Å². The van der Waals surface area contributed by atoms with E-state index in [0.29, 0.717) is 5.75 Å². The van der Waals surface area contributed by atoms with Gasteiger partial charge in [-0.05, 0) is 56.2 Å². The molecule has 0 bridgehead atoms. The van der Waals surface area contributed by atoms with Gasteiger partial charge in [0.25, 0.3) is 0 Å². The van der Waals surface area contributed by atoms with E-state index in [1.807, 2.05) is 18.2 Å². The molecule has 1 fully saturated rings. The lowest BCUT2D eigenvalue weighted by atomic mass is 9.99. The molecule has 4 N–H and O–H groups in total. The molecule has 1 heterocycles. The molecule has 0 spiro atoms. The Kier molecular flexibility index (Phi) is 12.9. The van der Waals surface area contributed by atoms with Gasteiger partial charge in [0.1, 0.15) is 30.2 Å². The Morgan fingerprint density at radius 3 is 2.25 bits per heavy atom. The number of aliphatic hydroxyl groups excluding tert-OH is 4. The van der Waals surface area contributed by atoms with Gasteiger partial charge in [-0.15, -0.1) is 0 Å². The first-order valence-electron chi connectivity index (χ1n) is 12.3. The number of benzene rings is 1. The second-order valence-corrected chi connectivity index (χ2v) is 8.74. The minimum Gasteiger partial charge on any atom is -0.462 e. The minimum atomic E-state index is -1.44. The highest BCUT2D eigenvalue weighted by Crippen LogP contribution is 2.25. The Hall–Kier alpha value is -1.44. The summed E-state index contributed by atoms with van der Waals surface area (Å²) in [7, 11) is 0. The first-order chi connectivity index (χ1) is 15.6. The molecule has 0 aliphatic carbocycles. The van der Waals surface area contributed by atoms with Crippen molar-refractivity contribution in [1.29, 1.82) is 0 Å². The van der Waals surface area contributed by atoms with Gasteiger partial charge in [0.15, 0.2) is 0 Å². The van der Waals surface area contributed by atoms with Crippen molar-refractivity contribution >= 4 is 0 Å². The third-order valence-electron chi connectivity index (χ3n) is 5.98. The molecule has 1 aliphatic heterocycles. The normalized spacial score (nSPS) is 26.0. The van der Waals surface area contributed by atoms with Crippen LogP contribution in [0.15, 0.2) is 36.4 Å². The van der Waals surface area contributed by atoms with Gasteiger partial charge in [-0.1, -0.05) is 63.3 Å². The summed E-state index contributed by atoms with van der Waals surface area (Å²) in [5, 5.41) is 39.2. The molecule has 2 rings (SSSR count). The van der Waals surface area contributed by atoms with Gasteiger partial charge >= 0.3 is 0 Å². The van der Waals surface area contributed by atoms with Crippen molar-refractivity contribution in [2.24, 2.45) is 0 Å². The summed E-state index contributed by atoms with van der Waals surface area (Å²) >= 11 is 0. The molecule has 0 aromatic heterocycles. The maximum Gasteiger partial charge on any atom is 0.229 e. The van der Waals surface area contributed by atoms with E-state index >= 15 is 0 Å². The van der Waals surface area contributed by atoms with Crippen LogP contribution in [-0.2, 0) is 11.2 Å². The van der Waals surface area contributed by atoms with Crippen LogP contribution in [0.4, 0.5) is 0 Å². The standard InChI is InChI=1S/C26H42O6/c1-2-3-4-5-6-7-8-9-10-11-12-13-15-20-16-14-17-21(18-20)31-26-25(30)24(29)23(28)22(19-27)32-26/h7-8,14,16-18,22-30H,2-6,9-13,15,19H2,1H3/b8-7-/t22-,23-,24+,25-,26-/m1/s1. The zero-order valence-corrected chi connectivity index (χ0v) is 19.4. The van der Waals surface area contributed by atoms with Gasteiger partial charge < -0.3 is 29.9 Å². The fourth-order valence-corrected chi connectivity index (χ4v) is 3.94. The predicted molar refractivity (Wildman–Crippen MR) is 126 cm³/mol. The largest absolute Gasteiger partial charge is 0.462 e. The highest BCUT2D eigenvalue weighted by Gasteiger charge is 2.44. The monoisotopic (exact) mass is 450 g/mol. The van der Waals surface area contributed by atoms with Crippen LogP contribution in [0.2, 0.25) is 0 Å². The van der Waals surface area contributed by atoms with Crippen molar-refractivity contribution in [1.82, 2.24) is 0 Å². The molecule has 1 aromatic rings. The SMILES string of the molecule is CCCCCC/C=C\CCCCCCc1cccc(O[C@@H]2O[C@H](CO)[C@@H](O)[C@H](O)[C@H]2O)c1. The highest BCUT2D eigenvalue weighted by atomic mass is 16.7. The molecule has 6 nitrogen and oxygen atoms in total. The lowest BCUT2D eigenvalue weighted by molar-refractivity contribution is -0.277. The van der Waals surface area contributed by atoms with E-state index in [0.717, 1.165) is 24.8 Å². The third-order valence-corrected chi connectivity index (χ3v) is 5.98. The van der Waals surface area contributed by atoms with Crippen molar-refractivity contribution in [3.63, 3.8) is 0 Å². The highest BCUT2D eigenvalue weighted by molar-refractivity contribution is 5.28. The second kappa shape index (κ2) is 15.4. The van der Waals surface area contributed by atoms with Gasteiger partial charge in [-0.3, -0.25) is 0 Å². The molecule has 6 heteroatoms. The van der Waals surface area contributed by atoms with Crippen LogP contribution in [0, 0.1) is 0 Å². The Balaban J connectivity index is 1.65. The summed E-state index contributed by atoms with van der Waals surface area (Å²) < 4.78 is 11.1. The Labute approximate surface area is 192 Å². The molecule has 0 saturated carbocycles. The molecule has 0 amide bonds. The summed E-state index contributed by atoms with van der Waals surface area (Å²) in [4.78, 5) is 0. The Bertz CT molecular complexity index is 647. The molecular weight excluding hydrogens is 408 g/mol. The summed E-state index contributed by atoms with van der Waals surface area (Å²) in [6, 6.07) is 7.60. The summed E-state index contributed by atoms with van der Waals surface area (Å²) in [5.41, 5.74) is 1.14. The van der Waals surface area contributed by atoms with Crippen molar-refractivity contribution in [2.75, 3.05) is 6.61 Å². The minimum absolute atomic E-state index is 0.473. The van der Waals surface area contributed by atoms with Crippen molar-refractivity contribution < 1.29 is 29.9 Å². The van der Waals surface area contributed by atoms with Crippen LogP contribution in [0.3, 0.4) is 0 Å². The van der Waals surface area contributed by atoms with E-state index in [1.54, 1.807) is 6.07 Å². The first kappa shape index (κ1) is 26.8. The maximum atomic E-state index is 10.1. The quantitative estimate of drug-likeness (QED) is 0.239. The predicted octanol–water partition coefficient (Wildman–Crippen LogP) is 3.88.